The van der Waals surface area contributed by atoms with Crippen LogP contribution in [0.15, 0.2) is 24.4 Å². The van der Waals surface area contributed by atoms with Crippen LogP contribution in [0.2, 0.25) is 0 Å². The van der Waals surface area contributed by atoms with Gasteiger partial charge in [-0.2, -0.15) is 5.10 Å². The highest BCUT2D eigenvalue weighted by Gasteiger charge is 2.24. The maximum Gasteiger partial charge on any atom is 0.319 e. The molecule has 1 aromatic carbocycles. The van der Waals surface area contributed by atoms with E-state index in [1.54, 1.807) is 6.20 Å². The number of nitrogens with one attached hydrogen (secondary N) is 4. The van der Waals surface area contributed by atoms with Crippen LogP contribution in [0.1, 0.15) is 24.8 Å². The zero-order chi connectivity index (χ0) is 19.6. The van der Waals surface area contributed by atoms with Crippen LogP contribution < -0.4 is 10.6 Å². The minimum absolute atomic E-state index is 0.213. The van der Waals surface area contributed by atoms with Gasteiger partial charge in [0.15, 0.2) is 5.82 Å². The lowest BCUT2D eigenvalue weighted by Gasteiger charge is -2.18. The summed E-state index contributed by atoms with van der Waals surface area (Å²) < 4.78 is 5.54. The van der Waals surface area contributed by atoms with Crippen molar-refractivity contribution in [1.29, 1.82) is 0 Å². The Morgan fingerprint density at radius 3 is 3.10 bits per heavy atom. The molecule has 9 nitrogen and oxygen atoms in total. The number of hydrogen-bond acceptors (Lipinski definition) is 5. The van der Waals surface area contributed by atoms with Crippen molar-refractivity contribution in [1.82, 2.24) is 30.4 Å². The van der Waals surface area contributed by atoms with Crippen LogP contribution in [0, 0.1) is 0 Å². The zero-order valence-corrected chi connectivity index (χ0v) is 16.2. The second-order valence-corrected chi connectivity index (χ2v) is 7.71. The number of carbonyl (C=O) groups excluding carboxylic acids is 1. The van der Waals surface area contributed by atoms with Crippen LogP contribution in [0.3, 0.4) is 0 Å². The summed E-state index contributed by atoms with van der Waals surface area (Å²) in [6.07, 6.45) is 4.76. The van der Waals surface area contributed by atoms with E-state index in [9.17, 15) is 4.79 Å². The Morgan fingerprint density at radius 1 is 1.28 bits per heavy atom. The quantitative estimate of drug-likeness (QED) is 0.530. The van der Waals surface area contributed by atoms with E-state index in [1.165, 1.54) is 5.56 Å². The number of imidazole rings is 1. The van der Waals surface area contributed by atoms with Crippen molar-refractivity contribution in [3.8, 4) is 11.5 Å². The molecule has 3 aromatic rings. The molecule has 152 valence electrons. The van der Waals surface area contributed by atoms with E-state index in [4.69, 9.17) is 4.74 Å². The topological polar surface area (TPSA) is 111 Å². The maximum atomic E-state index is 12.1. The number of fused-ring (bicyclic) bond motifs is 1. The molecule has 0 unspecified atom stereocenters. The third-order valence-corrected chi connectivity index (χ3v) is 5.30. The van der Waals surface area contributed by atoms with Crippen molar-refractivity contribution in [2.75, 3.05) is 31.6 Å². The molecule has 1 saturated heterocycles. The van der Waals surface area contributed by atoms with Gasteiger partial charge in [0.2, 0.25) is 0 Å². The molecule has 0 bridgehead atoms. The van der Waals surface area contributed by atoms with Crippen LogP contribution in [0.5, 0.6) is 0 Å². The van der Waals surface area contributed by atoms with Crippen LogP contribution in [-0.2, 0) is 11.3 Å². The van der Waals surface area contributed by atoms with E-state index < -0.39 is 0 Å². The predicted molar refractivity (Wildman–Crippen MR) is 110 cm³/mol. The van der Waals surface area contributed by atoms with E-state index in [0.717, 1.165) is 63.1 Å². The average Bonchev–Trinajstić information content (AvgIpc) is 3.32. The first-order chi connectivity index (χ1) is 14.2. The highest BCUT2D eigenvalue weighted by atomic mass is 16.5. The second kappa shape index (κ2) is 7.84. The molecule has 0 radical (unpaired) electrons. The summed E-state index contributed by atoms with van der Waals surface area (Å²) in [7, 11) is 0. The largest absolute Gasteiger partial charge is 0.380 e. The zero-order valence-electron chi connectivity index (χ0n) is 16.2. The first-order valence-electron chi connectivity index (χ1n) is 10.1. The Hall–Kier alpha value is -2.91. The number of anilines is 1. The number of carbonyl (C=O) groups is 1. The molecule has 1 saturated carbocycles. The van der Waals surface area contributed by atoms with E-state index in [1.807, 2.05) is 6.07 Å². The number of aromatic nitrogens is 4. The van der Waals surface area contributed by atoms with E-state index >= 15 is 0 Å². The third-order valence-electron chi connectivity index (χ3n) is 5.30. The number of benzene rings is 1. The lowest BCUT2D eigenvalue weighted by Crippen LogP contribution is -2.30. The van der Waals surface area contributed by atoms with E-state index in [0.29, 0.717) is 23.2 Å². The molecule has 9 heteroatoms. The van der Waals surface area contributed by atoms with Crippen molar-refractivity contribution >= 4 is 22.8 Å². The van der Waals surface area contributed by atoms with Gasteiger partial charge in [-0.05, 0) is 37.0 Å². The molecule has 2 amide bonds. The SMILES string of the molecule is O=C(Nc1cn[nH]c1-c1nc2ccc(CN3CCCOCC3)cc2[nH]1)NC1CC1. The summed E-state index contributed by atoms with van der Waals surface area (Å²) in [6, 6.07) is 6.37. The molecule has 5 rings (SSSR count). The van der Waals surface area contributed by atoms with Gasteiger partial charge in [0.25, 0.3) is 0 Å². The Bertz CT molecular complexity index is 999. The van der Waals surface area contributed by atoms with Gasteiger partial charge < -0.3 is 20.4 Å². The molecule has 1 aliphatic heterocycles. The highest BCUT2D eigenvalue weighted by molar-refractivity contribution is 5.93. The smallest absolute Gasteiger partial charge is 0.319 e. The number of urea groups is 1. The molecule has 4 N–H and O–H groups in total. The predicted octanol–water partition coefficient (Wildman–Crippen LogP) is 2.46. The van der Waals surface area contributed by atoms with Gasteiger partial charge in [-0.1, -0.05) is 6.07 Å². The fourth-order valence-electron chi connectivity index (χ4n) is 3.62. The standard InChI is InChI=1S/C20H25N7O2/c28-20(22-14-3-4-14)25-17-11-21-26-18(17)19-23-15-5-2-13(10-16(15)24-19)12-27-6-1-8-29-9-7-27/h2,5,10-11,14H,1,3-4,6-9,12H2,(H,21,26)(H,23,24)(H2,22,25,28). The summed E-state index contributed by atoms with van der Waals surface area (Å²) in [5.74, 6) is 0.652. The number of rotatable bonds is 5. The molecule has 0 spiro atoms. The molecule has 0 atom stereocenters. The van der Waals surface area contributed by atoms with E-state index in [-0.39, 0.29) is 6.03 Å². The molecule has 3 heterocycles. The monoisotopic (exact) mass is 395 g/mol. The van der Waals surface area contributed by atoms with Crippen molar-refractivity contribution in [3.63, 3.8) is 0 Å². The Balaban J connectivity index is 1.33. The number of nitrogens with zero attached hydrogens (tertiary/aromatic N) is 3. The minimum Gasteiger partial charge on any atom is -0.380 e. The number of aromatic amines is 2. The fourth-order valence-corrected chi connectivity index (χ4v) is 3.62. The highest BCUT2D eigenvalue weighted by Crippen LogP contribution is 2.26. The summed E-state index contributed by atoms with van der Waals surface area (Å²) in [6.45, 7) is 4.54. The first-order valence-corrected chi connectivity index (χ1v) is 10.1. The summed E-state index contributed by atoms with van der Waals surface area (Å²) in [5, 5.41) is 12.8. The van der Waals surface area contributed by atoms with Crippen LogP contribution in [-0.4, -0.2) is 63.4 Å². The van der Waals surface area contributed by atoms with Gasteiger partial charge in [-0.15, -0.1) is 0 Å². The molecular weight excluding hydrogens is 370 g/mol. The van der Waals surface area contributed by atoms with Gasteiger partial charge in [0.05, 0.1) is 29.5 Å². The first kappa shape index (κ1) is 18.1. The fraction of sp³-hybridized carbons (Fsp3) is 0.450. The van der Waals surface area contributed by atoms with Gasteiger partial charge in [0.1, 0.15) is 5.69 Å². The normalized spacial score (nSPS) is 17.9. The van der Waals surface area contributed by atoms with Gasteiger partial charge in [0, 0.05) is 32.3 Å². The van der Waals surface area contributed by atoms with Crippen molar-refractivity contribution in [2.45, 2.75) is 31.8 Å². The third kappa shape index (κ3) is 4.25. The molecule has 2 aromatic heterocycles. The Morgan fingerprint density at radius 2 is 2.21 bits per heavy atom. The Labute approximate surface area is 168 Å². The van der Waals surface area contributed by atoms with Crippen molar-refractivity contribution in [2.24, 2.45) is 0 Å². The van der Waals surface area contributed by atoms with Crippen molar-refractivity contribution < 1.29 is 9.53 Å². The van der Waals surface area contributed by atoms with Crippen LogP contribution in [0.4, 0.5) is 10.5 Å². The second-order valence-electron chi connectivity index (χ2n) is 7.71. The molecular formula is C20H25N7O2. The average molecular weight is 395 g/mol. The van der Waals surface area contributed by atoms with Crippen LogP contribution >= 0.6 is 0 Å². The number of amides is 2. The molecule has 29 heavy (non-hydrogen) atoms. The summed E-state index contributed by atoms with van der Waals surface area (Å²) in [5.41, 5.74) is 4.35. The number of ether oxygens (including phenoxy) is 1. The lowest BCUT2D eigenvalue weighted by molar-refractivity contribution is 0.140. The van der Waals surface area contributed by atoms with Gasteiger partial charge in [-0.3, -0.25) is 10.00 Å². The number of hydrogen-bond donors (Lipinski definition) is 4. The molecule has 2 fully saturated rings. The summed E-state index contributed by atoms with van der Waals surface area (Å²) in [4.78, 5) is 22.5. The minimum atomic E-state index is -0.213. The maximum absolute atomic E-state index is 12.1. The molecule has 1 aliphatic carbocycles. The van der Waals surface area contributed by atoms with Crippen LogP contribution in [0.25, 0.3) is 22.6 Å². The lowest BCUT2D eigenvalue weighted by atomic mass is 10.2. The van der Waals surface area contributed by atoms with Crippen molar-refractivity contribution in [3.05, 3.63) is 30.0 Å². The molecule has 2 aliphatic rings. The number of H-pyrrole nitrogens is 2. The Kier molecular flexibility index (Phi) is 4.91. The van der Waals surface area contributed by atoms with Gasteiger partial charge in [-0.25, -0.2) is 9.78 Å². The van der Waals surface area contributed by atoms with E-state index in [2.05, 4.69) is 47.8 Å². The summed E-state index contributed by atoms with van der Waals surface area (Å²) >= 11 is 0. The van der Waals surface area contributed by atoms with Gasteiger partial charge >= 0.3 is 6.03 Å².